The number of rotatable bonds is 3. The van der Waals surface area contributed by atoms with Crippen LogP contribution < -0.4 is 4.74 Å². The van der Waals surface area contributed by atoms with Gasteiger partial charge in [-0.2, -0.15) is 0 Å². The molecule has 0 aromatic heterocycles. The first-order chi connectivity index (χ1) is 10.6. The highest BCUT2D eigenvalue weighted by molar-refractivity contribution is 6.52. The molecule has 4 rings (SSSR count). The Morgan fingerprint density at radius 2 is 1.73 bits per heavy atom. The Bertz CT molecular complexity index is 701. The Balaban J connectivity index is 1.88. The van der Waals surface area contributed by atoms with Crippen LogP contribution in [0.2, 0.25) is 0 Å². The zero-order valence-electron chi connectivity index (χ0n) is 12.1. The first kappa shape index (κ1) is 14.4. The number of halogens is 2. The molecule has 0 amide bonds. The van der Waals surface area contributed by atoms with E-state index in [2.05, 4.69) is 0 Å². The monoisotopic (exact) mass is 334 g/mol. The van der Waals surface area contributed by atoms with Gasteiger partial charge in [-0.15, -0.1) is 0 Å². The topological polar surface area (TPSA) is 18.5 Å². The van der Waals surface area contributed by atoms with E-state index in [1.807, 2.05) is 61.5 Å². The van der Waals surface area contributed by atoms with Crippen molar-refractivity contribution in [2.45, 2.75) is 23.0 Å². The predicted octanol–water partition coefficient (Wildman–Crippen LogP) is 4.86. The van der Waals surface area contributed by atoms with E-state index in [0.717, 1.165) is 16.9 Å². The van der Waals surface area contributed by atoms with E-state index in [1.54, 1.807) is 0 Å². The summed E-state index contributed by atoms with van der Waals surface area (Å²) in [4.78, 5) is 0. The van der Waals surface area contributed by atoms with Crippen LogP contribution in [-0.4, -0.2) is 10.9 Å². The molecular weight excluding hydrogens is 319 g/mol. The molecule has 0 unspecified atom stereocenters. The quantitative estimate of drug-likeness (QED) is 0.746. The molecule has 0 bridgehead atoms. The second kappa shape index (κ2) is 4.89. The molecule has 1 saturated carbocycles. The highest BCUT2D eigenvalue weighted by Crippen LogP contribution is 2.77. The first-order valence-corrected chi connectivity index (χ1v) is 8.21. The molecule has 22 heavy (non-hydrogen) atoms. The van der Waals surface area contributed by atoms with E-state index in [9.17, 15) is 0 Å². The van der Waals surface area contributed by atoms with Crippen molar-refractivity contribution in [2.75, 3.05) is 6.61 Å². The molecular formula is C18H16Cl2O2. The van der Waals surface area contributed by atoms with Crippen LogP contribution in [-0.2, 0) is 10.3 Å². The van der Waals surface area contributed by atoms with Gasteiger partial charge in [0.25, 0.3) is 0 Å². The predicted molar refractivity (Wildman–Crippen MR) is 87.5 cm³/mol. The van der Waals surface area contributed by atoms with Gasteiger partial charge in [0.1, 0.15) is 17.5 Å². The molecule has 1 aliphatic carbocycles. The van der Waals surface area contributed by atoms with Gasteiger partial charge in [-0.3, -0.25) is 0 Å². The number of hydrogen-bond donors (Lipinski definition) is 0. The number of benzene rings is 2. The van der Waals surface area contributed by atoms with Crippen LogP contribution in [0.15, 0.2) is 54.6 Å². The second-order valence-corrected chi connectivity index (χ2v) is 7.10. The van der Waals surface area contributed by atoms with Crippen LogP contribution in [0.25, 0.3) is 0 Å². The summed E-state index contributed by atoms with van der Waals surface area (Å²) in [6.07, 6.45) is -0.211. The maximum Gasteiger partial charge on any atom is 0.161 e. The number of ether oxygens (including phenoxy) is 2. The molecule has 1 fully saturated rings. The molecule has 2 nitrogen and oxygen atoms in total. The van der Waals surface area contributed by atoms with Gasteiger partial charge in [-0.1, -0.05) is 71.7 Å². The van der Waals surface area contributed by atoms with Crippen LogP contribution in [0.1, 0.15) is 24.2 Å². The third-order valence-corrected chi connectivity index (χ3v) is 5.62. The SMILES string of the molecule is CCO[C@]12c3ccccc3O[C@H](c3ccccc3)[C@@H]1C2(Cl)Cl. The Labute approximate surface area is 140 Å². The normalized spacial score (nSPS) is 30.9. The van der Waals surface area contributed by atoms with E-state index >= 15 is 0 Å². The van der Waals surface area contributed by atoms with Crippen molar-refractivity contribution in [2.24, 2.45) is 5.92 Å². The molecule has 1 heterocycles. The molecule has 4 heteroatoms. The van der Waals surface area contributed by atoms with Crippen molar-refractivity contribution in [1.29, 1.82) is 0 Å². The van der Waals surface area contributed by atoms with Crippen molar-refractivity contribution in [3.8, 4) is 5.75 Å². The number of alkyl halides is 2. The van der Waals surface area contributed by atoms with E-state index in [1.165, 1.54) is 0 Å². The van der Waals surface area contributed by atoms with Gasteiger partial charge >= 0.3 is 0 Å². The summed E-state index contributed by atoms with van der Waals surface area (Å²) in [5, 5.41) is 0. The van der Waals surface area contributed by atoms with Gasteiger partial charge < -0.3 is 9.47 Å². The Morgan fingerprint density at radius 1 is 1.05 bits per heavy atom. The third-order valence-electron chi connectivity index (χ3n) is 4.58. The van der Waals surface area contributed by atoms with Crippen molar-refractivity contribution < 1.29 is 9.47 Å². The molecule has 0 spiro atoms. The van der Waals surface area contributed by atoms with Gasteiger partial charge in [-0.05, 0) is 18.6 Å². The summed E-state index contributed by atoms with van der Waals surface area (Å²) in [6, 6.07) is 17.9. The van der Waals surface area contributed by atoms with Crippen LogP contribution in [0.5, 0.6) is 5.75 Å². The lowest BCUT2D eigenvalue weighted by Crippen LogP contribution is -2.27. The summed E-state index contributed by atoms with van der Waals surface area (Å²) in [7, 11) is 0. The van der Waals surface area contributed by atoms with Crippen LogP contribution in [0.3, 0.4) is 0 Å². The largest absolute Gasteiger partial charge is 0.485 e. The Morgan fingerprint density at radius 3 is 2.45 bits per heavy atom. The standard InChI is InChI=1S/C18H16Cl2O2/c1-2-21-17-13-10-6-7-11-14(13)22-15(16(17)18(17,19)20)12-8-4-3-5-9-12/h3-11,15-16H,2H2,1H3/t15-,16+,17-/m1/s1. The average molecular weight is 335 g/mol. The fraction of sp³-hybridized carbons (Fsp3) is 0.333. The van der Waals surface area contributed by atoms with Gasteiger partial charge in [0, 0.05) is 12.2 Å². The molecule has 2 aromatic carbocycles. The van der Waals surface area contributed by atoms with Gasteiger partial charge in [0.15, 0.2) is 4.33 Å². The molecule has 2 aliphatic rings. The van der Waals surface area contributed by atoms with Crippen molar-refractivity contribution in [3.63, 3.8) is 0 Å². The fourth-order valence-corrected chi connectivity index (χ4v) is 4.61. The molecule has 0 radical (unpaired) electrons. The molecule has 0 saturated heterocycles. The minimum atomic E-state index is -0.990. The average Bonchev–Trinajstić information content (AvgIpc) is 3.05. The van der Waals surface area contributed by atoms with Crippen molar-refractivity contribution in [1.82, 2.24) is 0 Å². The van der Waals surface area contributed by atoms with E-state index in [0.29, 0.717) is 6.61 Å². The summed E-state index contributed by atoms with van der Waals surface area (Å²) in [5.41, 5.74) is 1.31. The maximum absolute atomic E-state index is 6.68. The molecule has 1 aliphatic heterocycles. The number of para-hydroxylation sites is 1. The maximum atomic E-state index is 6.68. The fourth-order valence-electron chi connectivity index (χ4n) is 3.63. The van der Waals surface area contributed by atoms with E-state index in [-0.39, 0.29) is 12.0 Å². The van der Waals surface area contributed by atoms with Crippen molar-refractivity contribution >= 4 is 23.2 Å². The second-order valence-electron chi connectivity index (χ2n) is 5.71. The molecule has 0 N–H and O–H groups in total. The zero-order chi connectivity index (χ0) is 15.4. The van der Waals surface area contributed by atoms with E-state index < -0.39 is 9.93 Å². The lowest BCUT2D eigenvalue weighted by molar-refractivity contribution is -0.0118. The first-order valence-electron chi connectivity index (χ1n) is 7.46. The molecule has 114 valence electrons. The summed E-state index contributed by atoms with van der Waals surface area (Å²) >= 11 is 13.4. The summed E-state index contributed by atoms with van der Waals surface area (Å²) in [6.45, 7) is 2.51. The van der Waals surface area contributed by atoms with Crippen LogP contribution in [0.4, 0.5) is 0 Å². The highest BCUT2D eigenvalue weighted by atomic mass is 35.5. The van der Waals surface area contributed by atoms with Crippen LogP contribution >= 0.6 is 23.2 Å². The summed E-state index contributed by atoms with van der Waals surface area (Å²) < 4.78 is 11.3. The molecule has 2 aromatic rings. The third kappa shape index (κ3) is 1.72. The number of fused-ring (bicyclic) bond motifs is 3. The lowest BCUT2D eigenvalue weighted by atomic mass is 9.95. The van der Waals surface area contributed by atoms with Gasteiger partial charge in [0.05, 0.1) is 5.92 Å². The van der Waals surface area contributed by atoms with Crippen LogP contribution in [0, 0.1) is 5.92 Å². The van der Waals surface area contributed by atoms with Gasteiger partial charge in [-0.25, -0.2) is 0 Å². The van der Waals surface area contributed by atoms with Gasteiger partial charge in [0.2, 0.25) is 0 Å². The summed E-state index contributed by atoms with van der Waals surface area (Å²) in [5.74, 6) is 0.671. The van der Waals surface area contributed by atoms with E-state index in [4.69, 9.17) is 32.7 Å². The Hall–Kier alpha value is -1.22. The van der Waals surface area contributed by atoms with Crippen molar-refractivity contribution in [3.05, 3.63) is 65.7 Å². The minimum absolute atomic E-state index is 0.124. The zero-order valence-corrected chi connectivity index (χ0v) is 13.6. The smallest absolute Gasteiger partial charge is 0.161 e. The highest BCUT2D eigenvalue weighted by Gasteiger charge is 2.83. The lowest BCUT2D eigenvalue weighted by Gasteiger charge is -2.31. The minimum Gasteiger partial charge on any atom is -0.485 e. The Kier molecular flexibility index (Phi) is 3.19. The molecule has 3 atom stereocenters. The number of hydrogen-bond acceptors (Lipinski definition) is 2.